The zero-order valence-electron chi connectivity index (χ0n) is 11.3. The Morgan fingerprint density at radius 1 is 1.21 bits per heavy atom. The van der Waals surface area contributed by atoms with Crippen molar-refractivity contribution >= 4 is 29.3 Å². The minimum Gasteiger partial charge on any atom is -0.465 e. The molecule has 0 aromatic heterocycles. The standard InChI is InChI=1S/C14H19NO3S/c1-3-5-13(16)15-11-6-8-12(9-7-11)19-10-14(17)18-4-2/h6-9H,3-5,10H2,1-2H3,(H,15,16). The molecule has 1 aromatic carbocycles. The van der Waals surface area contributed by atoms with E-state index in [-0.39, 0.29) is 11.9 Å². The molecule has 0 bridgehead atoms. The van der Waals surface area contributed by atoms with Crippen molar-refractivity contribution in [3.8, 4) is 0 Å². The minimum atomic E-state index is -0.215. The van der Waals surface area contributed by atoms with Crippen LogP contribution in [0.15, 0.2) is 29.2 Å². The van der Waals surface area contributed by atoms with Crippen LogP contribution in [-0.4, -0.2) is 24.2 Å². The molecule has 0 fully saturated rings. The van der Waals surface area contributed by atoms with Crippen LogP contribution in [0.25, 0.3) is 0 Å². The zero-order valence-corrected chi connectivity index (χ0v) is 12.1. The predicted octanol–water partition coefficient (Wildman–Crippen LogP) is 3.08. The van der Waals surface area contributed by atoms with E-state index in [1.807, 2.05) is 31.2 Å². The van der Waals surface area contributed by atoms with Crippen molar-refractivity contribution in [2.75, 3.05) is 17.7 Å². The van der Waals surface area contributed by atoms with Gasteiger partial charge in [0.05, 0.1) is 12.4 Å². The third kappa shape index (κ3) is 6.29. The maximum Gasteiger partial charge on any atom is 0.316 e. The number of carbonyl (C=O) groups excluding carboxylic acids is 2. The number of nitrogens with one attached hydrogen (secondary N) is 1. The van der Waals surface area contributed by atoms with E-state index < -0.39 is 0 Å². The Morgan fingerprint density at radius 3 is 2.47 bits per heavy atom. The Kier molecular flexibility index (Phi) is 7.03. The summed E-state index contributed by atoms with van der Waals surface area (Å²) < 4.78 is 4.85. The molecule has 104 valence electrons. The van der Waals surface area contributed by atoms with Crippen molar-refractivity contribution in [3.05, 3.63) is 24.3 Å². The first-order chi connectivity index (χ1) is 9.15. The lowest BCUT2D eigenvalue weighted by atomic mass is 10.3. The maximum absolute atomic E-state index is 11.4. The van der Waals surface area contributed by atoms with Crippen LogP contribution in [0.3, 0.4) is 0 Å². The first-order valence-electron chi connectivity index (χ1n) is 6.34. The monoisotopic (exact) mass is 281 g/mol. The van der Waals surface area contributed by atoms with Crippen LogP contribution in [0.2, 0.25) is 0 Å². The van der Waals surface area contributed by atoms with Crippen molar-refractivity contribution in [1.29, 1.82) is 0 Å². The number of hydrogen-bond acceptors (Lipinski definition) is 4. The summed E-state index contributed by atoms with van der Waals surface area (Å²) in [6, 6.07) is 7.43. The summed E-state index contributed by atoms with van der Waals surface area (Å²) in [5.74, 6) is 0.109. The Bertz CT molecular complexity index is 417. The minimum absolute atomic E-state index is 0.0226. The van der Waals surface area contributed by atoms with Gasteiger partial charge in [0.2, 0.25) is 5.91 Å². The van der Waals surface area contributed by atoms with Gasteiger partial charge in [0.25, 0.3) is 0 Å². The highest BCUT2D eigenvalue weighted by atomic mass is 32.2. The van der Waals surface area contributed by atoms with Gasteiger partial charge >= 0.3 is 5.97 Å². The summed E-state index contributed by atoms with van der Waals surface area (Å²) >= 11 is 1.42. The van der Waals surface area contributed by atoms with Gasteiger partial charge in [0.15, 0.2) is 0 Å². The largest absolute Gasteiger partial charge is 0.465 e. The molecule has 0 saturated heterocycles. The quantitative estimate of drug-likeness (QED) is 0.616. The van der Waals surface area contributed by atoms with Crippen LogP contribution in [0.5, 0.6) is 0 Å². The van der Waals surface area contributed by atoms with Crippen molar-refractivity contribution in [2.45, 2.75) is 31.6 Å². The smallest absolute Gasteiger partial charge is 0.316 e. The van der Waals surface area contributed by atoms with Gasteiger partial charge in [-0.25, -0.2) is 0 Å². The molecule has 0 aliphatic heterocycles. The summed E-state index contributed by atoms with van der Waals surface area (Å²) in [7, 11) is 0. The third-order valence-corrected chi connectivity index (χ3v) is 3.26. The number of thioether (sulfide) groups is 1. The third-order valence-electron chi connectivity index (χ3n) is 2.28. The van der Waals surface area contributed by atoms with Gasteiger partial charge in [0.1, 0.15) is 0 Å². The second-order valence-electron chi connectivity index (χ2n) is 3.92. The summed E-state index contributed by atoms with van der Waals surface area (Å²) in [5.41, 5.74) is 0.777. The molecule has 5 heteroatoms. The first-order valence-corrected chi connectivity index (χ1v) is 7.32. The molecule has 0 aliphatic rings. The topological polar surface area (TPSA) is 55.4 Å². The lowest BCUT2D eigenvalue weighted by molar-refractivity contribution is -0.139. The molecule has 1 rings (SSSR count). The molecule has 0 unspecified atom stereocenters. The highest BCUT2D eigenvalue weighted by Gasteiger charge is 2.04. The van der Waals surface area contributed by atoms with Crippen molar-refractivity contribution in [3.63, 3.8) is 0 Å². The lowest BCUT2D eigenvalue weighted by Gasteiger charge is -2.06. The highest BCUT2D eigenvalue weighted by Crippen LogP contribution is 2.20. The summed E-state index contributed by atoms with van der Waals surface area (Å²) in [4.78, 5) is 23.6. The predicted molar refractivity (Wildman–Crippen MR) is 77.3 cm³/mol. The van der Waals surface area contributed by atoms with Gasteiger partial charge in [0, 0.05) is 17.0 Å². The molecule has 0 spiro atoms. The van der Waals surface area contributed by atoms with E-state index in [1.165, 1.54) is 11.8 Å². The summed E-state index contributed by atoms with van der Waals surface area (Å²) in [6.45, 7) is 4.16. The van der Waals surface area contributed by atoms with E-state index in [9.17, 15) is 9.59 Å². The number of rotatable bonds is 7. The van der Waals surface area contributed by atoms with Gasteiger partial charge in [-0.3, -0.25) is 9.59 Å². The normalized spacial score (nSPS) is 10.0. The number of ether oxygens (including phenoxy) is 1. The summed E-state index contributed by atoms with van der Waals surface area (Å²) in [6.07, 6.45) is 1.36. The van der Waals surface area contributed by atoms with Crippen LogP contribution >= 0.6 is 11.8 Å². The average molecular weight is 281 g/mol. The summed E-state index contributed by atoms with van der Waals surface area (Å²) in [5, 5.41) is 2.82. The number of amides is 1. The molecule has 0 saturated carbocycles. The Morgan fingerprint density at radius 2 is 1.89 bits per heavy atom. The average Bonchev–Trinajstić information content (AvgIpc) is 2.38. The fraction of sp³-hybridized carbons (Fsp3) is 0.429. The van der Waals surface area contributed by atoms with Gasteiger partial charge in [-0.05, 0) is 37.6 Å². The van der Waals surface area contributed by atoms with Crippen LogP contribution in [0.4, 0.5) is 5.69 Å². The molecule has 1 amide bonds. The molecule has 0 atom stereocenters. The van der Waals surface area contributed by atoms with Crippen LogP contribution in [0.1, 0.15) is 26.7 Å². The van der Waals surface area contributed by atoms with E-state index >= 15 is 0 Å². The van der Waals surface area contributed by atoms with Gasteiger partial charge in [-0.1, -0.05) is 6.92 Å². The van der Waals surface area contributed by atoms with Crippen molar-refractivity contribution in [1.82, 2.24) is 0 Å². The number of esters is 1. The molecule has 0 radical (unpaired) electrons. The molecule has 19 heavy (non-hydrogen) atoms. The van der Waals surface area contributed by atoms with E-state index in [4.69, 9.17) is 4.74 Å². The van der Waals surface area contributed by atoms with E-state index in [0.717, 1.165) is 17.0 Å². The van der Waals surface area contributed by atoms with Gasteiger partial charge < -0.3 is 10.1 Å². The van der Waals surface area contributed by atoms with E-state index in [2.05, 4.69) is 5.32 Å². The first kappa shape index (κ1) is 15.6. The molecule has 0 heterocycles. The van der Waals surface area contributed by atoms with Gasteiger partial charge in [-0.2, -0.15) is 0 Å². The molecule has 1 N–H and O–H groups in total. The second-order valence-corrected chi connectivity index (χ2v) is 4.97. The van der Waals surface area contributed by atoms with Crippen LogP contribution in [-0.2, 0) is 14.3 Å². The Hall–Kier alpha value is -1.49. The number of anilines is 1. The van der Waals surface area contributed by atoms with E-state index in [1.54, 1.807) is 6.92 Å². The molecule has 1 aromatic rings. The number of benzene rings is 1. The van der Waals surface area contributed by atoms with Crippen molar-refractivity contribution < 1.29 is 14.3 Å². The molecular weight excluding hydrogens is 262 g/mol. The molecule has 4 nitrogen and oxygen atoms in total. The van der Waals surface area contributed by atoms with E-state index in [0.29, 0.717) is 18.8 Å². The Balaban J connectivity index is 2.43. The maximum atomic E-state index is 11.4. The molecule has 0 aliphatic carbocycles. The lowest BCUT2D eigenvalue weighted by Crippen LogP contribution is -2.10. The Labute approximate surface area is 117 Å². The molecular formula is C14H19NO3S. The fourth-order valence-corrected chi connectivity index (χ4v) is 2.13. The highest BCUT2D eigenvalue weighted by molar-refractivity contribution is 8.00. The number of carbonyl (C=O) groups is 2. The van der Waals surface area contributed by atoms with Gasteiger partial charge in [-0.15, -0.1) is 11.8 Å². The van der Waals surface area contributed by atoms with Crippen molar-refractivity contribution in [2.24, 2.45) is 0 Å². The van der Waals surface area contributed by atoms with Crippen LogP contribution < -0.4 is 5.32 Å². The fourth-order valence-electron chi connectivity index (χ4n) is 1.43. The SMILES string of the molecule is CCCC(=O)Nc1ccc(SCC(=O)OCC)cc1. The second kappa shape index (κ2) is 8.58. The number of hydrogen-bond donors (Lipinski definition) is 1. The van der Waals surface area contributed by atoms with Crippen LogP contribution in [0, 0.1) is 0 Å². The zero-order chi connectivity index (χ0) is 14.1.